The Bertz CT molecular complexity index is 3850. The molecule has 0 N–H and O–H groups in total. The van der Waals surface area contributed by atoms with Gasteiger partial charge in [-0.15, -0.1) is 0 Å². The summed E-state index contributed by atoms with van der Waals surface area (Å²) >= 11 is 0. The van der Waals surface area contributed by atoms with E-state index in [4.69, 9.17) is 19.4 Å². The molecule has 0 aliphatic heterocycles. The van der Waals surface area contributed by atoms with Crippen molar-refractivity contribution in [1.82, 2.24) is 24.1 Å². The van der Waals surface area contributed by atoms with Crippen molar-refractivity contribution < 1.29 is 4.42 Å². The van der Waals surface area contributed by atoms with Crippen molar-refractivity contribution in [2.45, 2.75) is 0 Å². The summed E-state index contributed by atoms with van der Waals surface area (Å²) in [6.07, 6.45) is 0. The molecule has 0 aliphatic rings. The van der Waals surface area contributed by atoms with E-state index in [9.17, 15) is 0 Å². The van der Waals surface area contributed by atoms with Gasteiger partial charge in [-0.3, -0.25) is 0 Å². The second-order valence-corrected chi connectivity index (χ2v) is 16.0. The third kappa shape index (κ3) is 5.48. The van der Waals surface area contributed by atoms with Gasteiger partial charge in [0.15, 0.2) is 17.5 Å². The molecule has 294 valence electrons. The Hall–Kier alpha value is -8.61. The monoisotopic (exact) mass is 805 g/mol. The zero-order valence-corrected chi connectivity index (χ0v) is 33.9. The molecule has 63 heavy (non-hydrogen) atoms. The minimum Gasteiger partial charge on any atom is -0.455 e. The van der Waals surface area contributed by atoms with E-state index < -0.39 is 0 Å². The quantitative estimate of drug-likeness (QED) is 0.168. The molecule has 0 saturated carbocycles. The van der Waals surface area contributed by atoms with E-state index in [1.807, 2.05) is 24.3 Å². The van der Waals surface area contributed by atoms with Gasteiger partial charge in [-0.25, -0.2) is 15.0 Å². The fourth-order valence-electron chi connectivity index (χ4n) is 9.60. The van der Waals surface area contributed by atoms with E-state index in [0.717, 1.165) is 88.4 Å². The number of para-hydroxylation sites is 6. The van der Waals surface area contributed by atoms with Crippen LogP contribution in [0.5, 0.6) is 0 Å². The fraction of sp³-hybridized carbons (Fsp3) is 0. The maximum Gasteiger partial charge on any atom is 0.167 e. The lowest BCUT2D eigenvalue weighted by Crippen LogP contribution is -2.03. The van der Waals surface area contributed by atoms with Gasteiger partial charge in [-0.2, -0.15) is 0 Å². The van der Waals surface area contributed by atoms with E-state index in [1.54, 1.807) is 0 Å². The molecule has 4 heterocycles. The van der Waals surface area contributed by atoms with Crippen molar-refractivity contribution in [3.05, 3.63) is 212 Å². The Morgan fingerprint density at radius 3 is 1.44 bits per heavy atom. The highest BCUT2D eigenvalue weighted by Crippen LogP contribution is 2.44. The Balaban J connectivity index is 1.15. The summed E-state index contributed by atoms with van der Waals surface area (Å²) in [6, 6.07) is 74.2. The average molecular weight is 806 g/mol. The first-order valence-electron chi connectivity index (χ1n) is 21.2. The summed E-state index contributed by atoms with van der Waals surface area (Å²) < 4.78 is 11.8. The zero-order chi connectivity index (χ0) is 41.4. The van der Waals surface area contributed by atoms with Crippen molar-refractivity contribution in [3.8, 4) is 56.7 Å². The first-order valence-corrected chi connectivity index (χ1v) is 21.2. The topological polar surface area (TPSA) is 61.7 Å². The summed E-state index contributed by atoms with van der Waals surface area (Å²) in [7, 11) is 0. The predicted octanol–water partition coefficient (Wildman–Crippen LogP) is 14.6. The second-order valence-electron chi connectivity index (χ2n) is 16.0. The van der Waals surface area contributed by atoms with E-state index >= 15 is 0 Å². The summed E-state index contributed by atoms with van der Waals surface area (Å²) in [4.78, 5) is 16.2. The lowest BCUT2D eigenvalue weighted by atomic mass is 10.0. The van der Waals surface area contributed by atoms with E-state index in [-0.39, 0.29) is 0 Å². The smallest absolute Gasteiger partial charge is 0.167 e. The van der Waals surface area contributed by atoms with Crippen molar-refractivity contribution in [3.63, 3.8) is 0 Å². The number of aromatic nitrogens is 5. The summed E-state index contributed by atoms with van der Waals surface area (Å²) in [5.74, 6) is 1.67. The third-order valence-corrected chi connectivity index (χ3v) is 12.4. The Labute approximate surface area is 361 Å². The van der Waals surface area contributed by atoms with Gasteiger partial charge in [-0.05, 0) is 54.1 Å². The molecule has 13 rings (SSSR count). The highest BCUT2D eigenvalue weighted by molar-refractivity contribution is 6.16. The van der Waals surface area contributed by atoms with E-state index in [0.29, 0.717) is 23.1 Å². The van der Waals surface area contributed by atoms with Gasteiger partial charge in [-0.1, -0.05) is 164 Å². The number of rotatable bonds is 6. The van der Waals surface area contributed by atoms with Crippen LogP contribution in [-0.4, -0.2) is 24.1 Å². The number of fused-ring (bicyclic) bond motifs is 9. The van der Waals surface area contributed by atoms with Crippen molar-refractivity contribution in [1.29, 1.82) is 0 Å². The van der Waals surface area contributed by atoms with Crippen LogP contribution in [0.15, 0.2) is 217 Å². The van der Waals surface area contributed by atoms with Crippen LogP contribution in [0.2, 0.25) is 0 Å². The van der Waals surface area contributed by atoms with Gasteiger partial charge in [0, 0.05) is 60.4 Å². The van der Waals surface area contributed by atoms with Gasteiger partial charge < -0.3 is 13.6 Å². The van der Waals surface area contributed by atoms with Crippen LogP contribution in [0.1, 0.15) is 0 Å². The molecule has 0 fully saturated rings. The molecule has 0 radical (unpaired) electrons. The number of furan rings is 1. The molecule has 0 atom stereocenters. The maximum atomic E-state index is 7.14. The van der Waals surface area contributed by atoms with Gasteiger partial charge in [0.2, 0.25) is 0 Å². The van der Waals surface area contributed by atoms with Crippen molar-refractivity contribution in [2.24, 2.45) is 0 Å². The van der Waals surface area contributed by atoms with Crippen LogP contribution >= 0.6 is 0 Å². The SMILES string of the molecule is c1ccc(-c2nc(-c3cc(-n4c5ccccc5c5ccccc54)cc4c3oc3c(-c5ccccc5)cccc34)nc(-c3cccc4c5ccccc5n(-c5ccccc5)c34)n2)cc1. The van der Waals surface area contributed by atoms with Gasteiger partial charge in [0.05, 0.1) is 27.6 Å². The molecule has 0 unspecified atom stereocenters. The molecule has 0 spiro atoms. The summed E-state index contributed by atoms with van der Waals surface area (Å²) in [6.45, 7) is 0. The predicted molar refractivity (Wildman–Crippen MR) is 258 cm³/mol. The largest absolute Gasteiger partial charge is 0.455 e. The molecule has 0 bridgehead atoms. The third-order valence-electron chi connectivity index (χ3n) is 12.4. The first kappa shape index (κ1) is 35.2. The van der Waals surface area contributed by atoms with Crippen LogP contribution in [-0.2, 0) is 0 Å². The molecule has 0 aliphatic carbocycles. The van der Waals surface area contributed by atoms with Crippen LogP contribution in [0.25, 0.3) is 122 Å². The zero-order valence-electron chi connectivity index (χ0n) is 33.9. The van der Waals surface area contributed by atoms with Gasteiger partial charge in [0.25, 0.3) is 0 Å². The van der Waals surface area contributed by atoms with Crippen LogP contribution in [0.3, 0.4) is 0 Å². The Kier molecular flexibility index (Phi) is 7.80. The number of hydrogen-bond acceptors (Lipinski definition) is 4. The number of benzene rings is 9. The first-order chi connectivity index (χ1) is 31.3. The van der Waals surface area contributed by atoms with Crippen LogP contribution < -0.4 is 0 Å². The number of hydrogen-bond donors (Lipinski definition) is 0. The highest BCUT2D eigenvalue weighted by Gasteiger charge is 2.24. The molecule has 0 amide bonds. The summed E-state index contributed by atoms with van der Waals surface area (Å²) in [5.41, 5.74) is 12.6. The van der Waals surface area contributed by atoms with Crippen LogP contribution in [0, 0.1) is 0 Å². The molecular weight excluding hydrogens is 771 g/mol. The molecular formula is C57H35N5O. The molecule has 9 aromatic carbocycles. The van der Waals surface area contributed by atoms with Crippen LogP contribution in [0.4, 0.5) is 0 Å². The van der Waals surface area contributed by atoms with Gasteiger partial charge in [0.1, 0.15) is 11.2 Å². The fourth-order valence-corrected chi connectivity index (χ4v) is 9.60. The Morgan fingerprint density at radius 1 is 0.302 bits per heavy atom. The Morgan fingerprint density at radius 2 is 0.778 bits per heavy atom. The molecule has 13 aromatic rings. The van der Waals surface area contributed by atoms with Crippen molar-refractivity contribution in [2.75, 3.05) is 0 Å². The second kappa shape index (κ2) is 14.0. The highest BCUT2D eigenvalue weighted by atomic mass is 16.3. The van der Waals surface area contributed by atoms with E-state index in [2.05, 4.69) is 197 Å². The molecule has 6 heteroatoms. The molecule has 0 saturated heterocycles. The van der Waals surface area contributed by atoms with E-state index in [1.165, 1.54) is 10.8 Å². The normalized spacial score (nSPS) is 11.8. The van der Waals surface area contributed by atoms with Gasteiger partial charge >= 0.3 is 0 Å². The number of nitrogens with zero attached hydrogens (tertiary/aromatic N) is 5. The summed E-state index contributed by atoms with van der Waals surface area (Å²) in [5, 5.41) is 6.66. The minimum absolute atomic E-state index is 0.520. The lowest BCUT2D eigenvalue weighted by Gasteiger charge is -2.14. The standard InChI is InChI=1S/C57H35N5O/c1-4-18-36(19-5-1)40-27-16-29-45-47-34-39(61-49-31-13-10-24-41(49)42-25-11-14-32-50(42)61)35-48(54(47)63-53(40)45)57-59-55(37-20-6-2-7-21-37)58-56(60-57)46-30-17-28-44-43-26-12-15-33-51(43)62(52(44)46)38-22-8-3-9-23-38/h1-35H. The maximum absolute atomic E-state index is 7.14. The average Bonchev–Trinajstić information content (AvgIpc) is 4.02. The molecule has 4 aromatic heterocycles. The van der Waals surface area contributed by atoms with Crippen molar-refractivity contribution >= 4 is 65.6 Å². The lowest BCUT2D eigenvalue weighted by molar-refractivity contribution is 0.670. The minimum atomic E-state index is 0.520. The molecule has 6 nitrogen and oxygen atoms in total.